The van der Waals surface area contributed by atoms with Crippen LogP contribution in [0.3, 0.4) is 0 Å². The molecule has 26 heavy (non-hydrogen) atoms. The summed E-state index contributed by atoms with van der Waals surface area (Å²) < 4.78 is 0. The second-order valence-corrected chi connectivity index (χ2v) is 8.43. The highest BCUT2D eigenvalue weighted by Gasteiger charge is 2.20. The molecule has 0 aliphatic carbocycles. The molecule has 136 valence electrons. The molecule has 2 aromatic rings. The van der Waals surface area contributed by atoms with Crippen molar-refractivity contribution in [3.8, 4) is 6.07 Å². The highest BCUT2D eigenvalue weighted by molar-refractivity contribution is 6.32. The molecule has 5 heteroatoms. The molecule has 2 aromatic carbocycles. The number of benzene rings is 2. The van der Waals surface area contributed by atoms with Crippen molar-refractivity contribution in [2.24, 2.45) is 5.41 Å². The third-order valence-corrected chi connectivity index (χ3v) is 4.53. The lowest BCUT2D eigenvalue weighted by Crippen LogP contribution is -2.20. The van der Waals surface area contributed by atoms with Crippen molar-refractivity contribution in [3.05, 3.63) is 63.1 Å². The minimum atomic E-state index is -0.502. The molecular formula is C21H22Cl2N2O. The molecule has 1 amide bonds. The molecule has 0 spiro atoms. The zero-order valence-corrected chi connectivity index (χ0v) is 16.9. The lowest BCUT2D eigenvalue weighted by atomic mass is 9.90. The van der Waals surface area contributed by atoms with E-state index in [2.05, 4.69) is 11.4 Å². The first kappa shape index (κ1) is 20.3. The van der Waals surface area contributed by atoms with Gasteiger partial charge in [0.15, 0.2) is 0 Å². The molecule has 1 atom stereocenters. The predicted molar refractivity (Wildman–Crippen MR) is 108 cm³/mol. The van der Waals surface area contributed by atoms with Crippen molar-refractivity contribution >= 4 is 34.8 Å². The zero-order chi connectivity index (χ0) is 19.5. The summed E-state index contributed by atoms with van der Waals surface area (Å²) in [7, 11) is 0. The van der Waals surface area contributed by atoms with E-state index in [-0.39, 0.29) is 11.3 Å². The highest BCUT2D eigenvalue weighted by atomic mass is 35.5. The third kappa shape index (κ3) is 5.24. The minimum Gasteiger partial charge on any atom is -0.326 e. The maximum absolute atomic E-state index is 12.2. The van der Waals surface area contributed by atoms with Gasteiger partial charge < -0.3 is 5.32 Å². The van der Waals surface area contributed by atoms with Gasteiger partial charge in [0, 0.05) is 22.2 Å². The van der Waals surface area contributed by atoms with Crippen molar-refractivity contribution in [1.82, 2.24) is 0 Å². The van der Waals surface area contributed by atoms with Gasteiger partial charge in [-0.1, -0.05) is 62.2 Å². The zero-order valence-electron chi connectivity index (χ0n) is 15.4. The van der Waals surface area contributed by atoms with Crippen LogP contribution in [0.25, 0.3) is 0 Å². The summed E-state index contributed by atoms with van der Waals surface area (Å²) in [6.07, 6.45) is 0.414. The molecule has 0 heterocycles. The number of anilines is 1. The van der Waals surface area contributed by atoms with E-state index in [9.17, 15) is 10.1 Å². The second-order valence-electron chi connectivity index (χ2n) is 7.59. The van der Waals surface area contributed by atoms with Crippen LogP contribution in [0.4, 0.5) is 5.69 Å². The summed E-state index contributed by atoms with van der Waals surface area (Å²) in [5.41, 5.74) is 2.97. The molecule has 0 saturated carbocycles. The molecule has 1 N–H and O–H groups in total. The van der Waals surface area contributed by atoms with Gasteiger partial charge in [0.2, 0.25) is 5.91 Å². The maximum Gasteiger partial charge on any atom is 0.224 e. The first-order valence-electron chi connectivity index (χ1n) is 8.35. The third-order valence-electron chi connectivity index (χ3n) is 3.95. The van der Waals surface area contributed by atoms with Gasteiger partial charge in [-0.05, 0) is 47.2 Å². The minimum absolute atomic E-state index is 0.0565. The molecular weight excluding hydrogens is 367 g/mol. The number of aryl methyl sites for hydroxylation is 1. The van der Waals surface area contributed by atoms with Crippen LogP contribution in [0.2, 0.25) is 10.0 Å². The number of rotatable bonds is 4. The van der Waals surface area contributed by atoms with E-state index in [0.29, 0.717) is 27.7 Å². The van der Waals surface area contributed by atoms with Gasteiger partial charge in [0.1, 0.15) is 0 Å². The number of hydrogen-bond acceptors (Lipinski definition) is 2. The monoisotopic (exact) mass is 388 g/mol. The molecule has 0 unspecified atom stereocenters. The SMILES string of the molecule is Cc1cc([C@H](C#N)c2ccc(Cl)cc2)c(Cl)cc1NC(=O)CC(C)(C)C. The molecule has 0 aliphatic heterocycles. The number of carbonyl (C=O) groups excluding carboxylic acids is 1. The lowest BCUT2D eigenvalue weighted by Gasteiger charge is -2.19. The Kier molecular flexibility index (Phi) is 6.34. The summed E-state index contributed by atoms with van der Waals surface area (Å²) in [6.45, 7) is 7.93. The van der Waals surface area contributed by atoms with Crippen molar-refractivity contribution in [2.75, 3.05) is 5.32 Å². The standard InChI is InChI=1S/C21H22Cl2N2O/c1-13-9-16(17(12-24)14-5-7-15(22)8-6-14)18(23)10-19(13)25-20(26)11-21(2,3)4/h5-10,17H,11H2,1-4H3,(H,25,26)/t17-/m1/s1. The number of carbonyl (C=O) groups is 1. The molecule has 3 nitrogen and oxygen atoms in total. The van der Waals surface area contributed by atoms with Gasteiger partial charge in [0.05, 0.1) is 12.0 Å². The van der Waals surface area contributed by atoms with Gasteiger partial charge in [-0.25, -0.2) is 0 Å². The topological polar surface area (TPSA) is 52.9 Å². The van der Waals surface area contributed by atoms with Crippen LogP contribution >= 0.6 is 23.2 Å². The number of nitrogens with one attached hydrogen (secondary N) is 1. The van der Waals surface area contributed by atoms with E-state index in [1.807, 2.05) is 45.9 Å². The molecule has 0 bridgehead atoms. The predicted octanol–water partition coefficient (Wildman–Crippen LogP) is 6.33. The van der Waals surface area contributed by atoms with Crippen LogP contribution in [-0.4, -0.2) is 5.91 Å². The summed E-state index contributed by atoms with van der Waals surface area (Å²) in [6, 6.07) is 13.0. The molecule has 0 saturated heterocycles. The average molecular weight is 389 g/mol. The van der Waals surface area contributed by atoms with Crippen LogP contribution in [0.1, 0.15) is 49.8 Å². The quantitative estimate of drug-likeness (QED) is 0.664. The Bertz CT molecular complexity index is 846. The Labute approximate surface area is 164 Å². The first-order chi connectivity index (χ1) is 12.1. The fraction of sp³-hybridized carbons (Fsp3) is 0.333. The van der Waals surface area contributed by atoms with Crippen LogP contribution in [0, 0.1) is 23.7 Å². The second kappa shape index (κ2) is 8.12. The molecule has 0 radical (unpaired) electrons. The number of amides is 1. The molecule has 2 rings (SSSR count). The normalized spacial score (nSPS) is 12.3. The van der Waals surface area contributed by atoms with Crippen molar-refractivity contribution in [1.29, 1.82) is 5.26 Å². The number of nitriles is 1. The fourth-order valence-corrected chi connectivity index (χ4v) is 3.11. The van der Waals surface area contributed by atoms with E-state index < -0.39 is 5.92 Å². The van der Waals surface area contributed by atoms with E-state index in [4.69, 9.17) is 23.2 Å². The van der Waals surface area contributed by atoms with Gasteiger partial charge in [0.25, 0.3) is 0 Å². The lowest BCUT2D eigenvalue weighted by molar-refractivity contribution is -0.117. The summed E-state index contributed by atoms with van der Waals surface area (Å²) in [4.78, 5) is 12.2. The van der Waals surface area contributed by atoms with E-state index >= 15 is 0 Å². The molecule has 0 fully saturated rings. The van der Waals surface area contributed by atoms with Crippen LogP contribution < -0.4 is 5.32 Å². The van der Waals surface area contributed by atoms with Crippen LogP contribution in [0.5, 0.6) is 0 Å². The number of halogens is 2. The first-order valence-corrected chi connectivity index (χ1v) is 9.11. The van der Waals surface area contributed by atoms with E-state index in [1.165, 1.54) is 0 Å². The van der Waals surface area contributed by atoms with Crippen molar-refractivity contribution in [2.45, 2.75) is 40.0 Å². The van der Waals surface area contributed by atoms with E-state index in [1.54, 1.807) is 18.2 Å². The highest BCUT2D eigenvalue weighted by Crippen LogP contribution is 2.34. The molecule has 0 aliphatic rings. The van der Waals surface area contributed by atoms with Crippen LogP contribution in [0.15, 0.2) is 36.4 Å². The van der Waals surface area contributed by atoms with Crippen LogP contribution in [-0.2, 0) is 4.79 Å². The smallest absolute Gasteiger partial charge is 0.224 e. The maximum atomic E-state index is 12.2. The summed E-state index contributed by atoms with van der Waals surface area (Å²) in [5.74, 6) is -0.559. The Balaban J connectivity index is 2.32. The Hall–Kier alpha value is -2.02. The van der Waals surface area contributed by atoms with Crippen molar-refractivity contribution < 1.29 is 4.79 Å². The number of hydrogen-bond donors (Lipinski definition) is 1. The summed E-state index contributed by atoms with van der Waals surface area (Å²) in [5, 5.41) is 13.6. The average Bonchev–Trinajstić information content (AvgIpc) is 2.52. The van der Waals surface area contributed by atoms with Gasteiger partial charge in [-0.3, -0.25) is 4.79 Å². The van der Waals surface area contributed by atoms with Gasteiger partial charge in [-0.15, -0.1) is 0 Å². The Morgan fingerprint density at radius 3 is 2.35 bits per heavy atom. The fourth-order valence-electron chi connectivity index (χ4n) is 2.71. The Morgan fingerprint density at radius 2 is 1.81 bits per heavy atom. The van der Waals surface area contributed by atoms with E-state index in [0.717, 1.165) is 11.1 Å². The van der Waals surface area contributed by atoms with Gasteiger partial charge in [-0.2, -0.15) is 5.26 Å². The summed E-state index contributed by atoms with van der Waals surface area (Å²) >= 11 is 12.4. The molecule has 0 aromatic heterocycles. The van der Waals surface area contributed by atoms with Crippen molar-refractivity contribution in [3.63, 3.8) is 0 Å². The largest absolute Gasteiger partial charge is 0.326 e. The number of nitrogens with zero attached hydrogens (tertiary/aromatic N) is 1. The van der Waals surface area contributed by atoms with Gasteiger partial charge >= 0.3 is 0 Å². The Morgan fingerprint density at radius 1 is 1.19 bits per heavy atom.